The first-order valence-electron chi connectivity index (χ1n) is 6.03. The molecule has 0 aromatic heterocycles. The van der Waals surface area contributed by atoms with Gasteiger partial charge in [-0.05, 0) is 17.7 Å². The number of hydrogen-bond acceptors (Lipinski definition) is 2. The molecule has 1 N–H and O–H groups in total. The Kier molecular flexibility index (Phi) is 2.56. The minimum Gasteiger partial charge on any atom is -0.481 e. The van der Waals surface area contributed by atoms with E-state index in [2.05, 4.69) is 42.8 Å². The molecule has 90 valence electrons. The molecule has 1 aromatic carbocycles. The van der Waals surface area contributed by atoms with Crippen LogP contribution in [0.25, 0.3) is 6.08 Å². The predicted molar refractivity (Wildman–Crippen MR) is 73.6 cm³/mol. The van der Waals surface area contributed by atoms with E-state index >= 15 is 0 Å². The van der Waals surface area contributed by atoms with Crippen LogP contribution in [-0.4, -0.2) is 6.04 Å². The lowest BCUT2D eigenvalue weighted by Crippen LogP contribution is -2.39. The average Bonchev–Trinajstić information content (AvgIpc) is 2.45. The number of ether oxygens (including phenoxy) is 1. The van der Waals surface area contributed by atoms with E-state index in [1.165, 1.54) is 11.1 Å². The maximum absolute atomic E-state index is 6.05. The molecule has 2 unspecified atom stereocenters. The Bertz CT molecular complexity index is 568. The molecule has 0 bridgehead atoms. The zero-order valence-electron chi connectivity index (χ0n) is 10.1. The maximum Gasteiger partial charge on any atom is 0.148 e. The Morgan fingerprint density at radius 3 is 2.78 bits per heavy atom. The number of benzene rings is 1. The van der Waals surface area contributed by atoms with Gasteiger partial charge >= 0.3 is 0 Å². The van der Waals surface area contributed by atoms with E-state index < -0.39 is 0 Å². The molecule has 0 saturated heterocycles. The van der Waals surface area contributed by atoms with Crippen LogP contribution in [0.1, 0.15) is 17.2 Å². The predicted octanol–water partition coefficient (Wildman–Crippen LogP) is 3.33. The molecule has 2 atom stereocenters. The largest absolute Gasteiger partial charge is 0.481 e. The second-order valence-corrected chi connectivity index (χ2v) is 4.38. The van der Waals surface area contributed by atoms with Gasteiger partial charge in [0.2, 0.25) is 0 Å². The molecule has 18 heavy (non-hydrogen) atoms. The summed E-state index contributed by atoms with van der Waals surface area (Å²) in [6.45, 7) is 7.58. The minimum absolute atomic E-state index is 0.00269. The van der Waals surface area contributed by atoms with Crippen LogP contribution in [0, 0.1) is 0 Å². The van der Waals surface area contributed by atoms with Gasteiger partial charge in [-0.1, -0.05) is 49.6 Å². The second kappa shape index (κ2) is 4.22. The summed E-state index contributed by atoms with van der Waals surface area (Å²) < 4.78 is 6.05. The van der Waals surface area contributed by atoms with Crippen molar-refractivity contribution in [2.24, 2.45) is 0 Å². The third-order valence-electron chi connectivity index (χ3n) is 3.34. The van der Waals surface area contributed by atoms with Crippen molar-refractivity contribution in [1.82, 2.24) is 5.32 Å². The summed E-state index contributed by atoms with van der Waals surface area (Å²) in [7, 11) is 0. The number of rotatable bonds is 2. The number of nitrogens with one attached hydrogen (secondary N) is 1. The topological polar surface area (TPSA) is 21.3 Å². The average molecular weight is 237 g/mol. The van der Waals surface area contributed by atoms with Crippen molar-refractivity contribution < 1.29 is 4.74 Å². The first-order chi connectivity index (χ1) is 8.83. The van der Waals surface area contributed by atoms with E-state index in [4.69, 9.17) is 4.74 Å². The number of allylic oxidation sites excluding steroid dienone is 2. The second-order valence-electron chi connectivity index (χ2n) is 4.38. The van der Waals surface area contributed by atoms with Crippen molar-refractivity contribution in [2.45, 2.75) is 12.1 Å². The van der Waals surface area contributed by atoms with Gasteiger partial charge in [-0.25, -0.2) is 0 Å². The van der Waals surface area contributed by atoms with E-state index in [-0.39, 0.29) is 12.1 Å². The zero-order chi connectivity index (χ0) is 12.5. The molecule has 0 amide bonds. The summed E-state index contributed by atoms with van der Waals surface area (Å²) in [6.07, 6.45) is 7.76. The molecule has 0 saturated carbocycles. The van der Waals surface area contributed by atoms with Crippen molar-refractivity contribution in [1.29, 1.82) is 0 Å². The van der Waals surface area contributed by atoms with Crippen LogP contribution in [0.2, 0.25) is 0 Å². The van der Waals surface area contributed by atoms with Crippen LogP contribution in [0.5, 0.6) is 0 Å². The fourth-order valence-corrected chi connectivity index (χ4v) is 2.45. The SMILES string of the molecule is C=CC1=C(C=C)OC2c3ccccc3C=CC2N1. The van der Waals surface area contributed by atoms with Crippen LogP contribution in [0.4, 0.5) is 0 Å². The minimum atomic E-state index is 0.00269. The van der Waals surface area contributed by atoms with Gasteiger partial charge < -0.3 is 10.1 Å². The van der Waals surface area contributed by atoms with Crippen LogP contribution in [0.15, 0.2) is 67.1 Å². The third-order valence-corrected chi connectivity index (χ3v) is 3.34. The van der Waals surface area contributed by atoms with E-state index in [0.29, 0.717) is 0 Å². The molecule has 0 fully saturated rings. The lowest BCUT2D eigenvalue weighted by Gasteiger charge is -2.36. The Morgan fingerprint density at radius 1 is 1.17 bits per heavy atom. The zero-order valence-corrected chi connectivity index (χ0v) is 10.1. The van der Waals surface area contributed by atoms with Crippen molar-refractivity contribution >= 4 is 6.08 Å². The summed E-state index contributed by atoms with van der Waals surface area (Å²) >= 11 is 0. The number of fused-ring (bicyclic) bond motifs is 3. The van der Waals surface area contributed by atoms with Gasteiger partial charge in [-0.3, -0.25) is 0 Å². The fraction of sp³-hybridized carbons (Fsp3) is 0.125. The van der Waals surface area contributed by atoms with Crippen LogP contribution in [0.3, 0.4) is 0 Å². The van der Waals surface area contributed by atoms with Gasteiger partial charge in [0, 0.05) is 5.56 Å². The summed E-state index contributed by atoms with van der Waals surface area (Å²) in [4.78, 5) is 0. The Morgan fingerprint density at radius 2 is 2.00 bits per heavy atom. The highest BCUT2D eigenvalue weighted by molar-refractivity contribution is 5.59. The molecule has 2 aliphatic rings. The summed E-state index contributed by atoms with van der Waals surface area (Å²) in [5, 5.41) is 3.43. The van der Waals surface area contributed by atoms with Crippen LogP contribution in [-0.2, 0) is 4.74 Å². The van der Waals surface area contributed by atoms with Crippen molar-refractivity contribution in [2.75, 3.05) is 0 Å². The molecule has 1 aliphatic carbocycles. The van der Waals surface area contributed by atoms with Crippen molar-refractivity contribution in [3.8, 4) is 0 Å². The molecule has 2 nitrogen and oxygen atoms in total. The Hall–Kier alpha value is -2.22. The Balaban J connectivity index is 2.05. The van der Waals surface area contributed by atoms with Crippen LogP contribution >= 0.6 is 0 Å². The van der Waals surface area contributed by atoms with Crippen molar-refractivity contribution in [3.63, 3.8) is 0 Å². The fourth-order valence-electron chi connectivity index (χ4n) is 2.45. The lowest BCUT2D eigenvalue weighted by molar-refractivity contribution is 0.0850. The summed E-state index contributed by atoms with van der Waals surface area (Å²) in [5.74, 6) is 0.761. The smallest absolute Gasteiger partial charge is 0.148 e. The third kappa shape index (κ3) is 1.58. The molecule has 3 rings (SSSR count). The van der Waals surface area contributed by atoms with Gasteiger partial charge in [-0.2, -0.15) is 0 Å². The molecule has 0 spiro atoms. The quantitative estimate of drug-likeness (QED) is 0.852. The monoisotopic (exact) mass is 237 g/mol. The van der Waals surface area contributed by atoms with E-state index in [0.717, 1.165) is 11.5 Å². The van der Waals surface area contributed by atoms with Gasteiger partial charge in [0.05, 0.1) is 11.7 Å². The molecule has 0 radical (unpaired) electrons. The van der Waals surface area contributed by atoms with Crippen LogP contribution < -0.4 is 5.32 Å². The molecule has 1 aromatic rings. The molecule has 1 aliphatic heterocycles. The molecular formula is C16H15NO. The highest BCUT2D eigenvalue weighted by atomic mass is 16.5. The molecule has 1 heterocycles. The summed E-state index contributed by atoms with van der Waals surface area (Å²) in [5.41, 5.74) is 3.32. The number of hydrogen-bond donors (Lipinski definition) is 1. The van der Waals surface area contributed by atoms with Gasteiger partial charge in [0.1, 0.15) is 11.9 Å². The highest BCUT2D eigenvalue weighted by Crippen LogP contribution is 2.36. The molecular weight excluding hydrogens is 222 g/mol. The van der Waals surface area contributed by atoms with Gasteiger partial charge in [-0.15, -0.1) is 0 Å². The summed E-state index contributed by atoms with van der Waals surface area (Å²) in [6, 6.07) is 8.44. The molecule has 2 heteroatoms. The van der Waals surface area contributed by atoms with Gasteiger partial charge in [0.15, 0.2) is 0 Å². The normalized spacial score (nSPS) is 24.4. The van der Waals surface area contributed by atoms with Crippen molar-refractivity contribution in [3.05, 3.63) is 78.2 Å². The standard InChI is InChI=1S/C16H15NO/c1-3-13-15(4-2)18-16-12-8-6-5-7-11(12)9-10-14(16)17-13/h3-10,14,16-17H,1-2H2. The Labute approximate surface area is 107 Å². The van der Waals surface area contributed by atoms with E-state index in [9.17, 15) is 0 Å². The first-order valence-corrected chi connectivity index (χ1v) is 6.03. The van der Waals surface area contributed by atoms with Gasteiger partial charge in [0.25, 0.3) is 0 Å². The maximum atomic E-state index is 6.05. The van der Waals surface area contributed by atoms with E-state index in [1.54, 1.807) is 12.2 Å². The lowest BCUT2D eigenvalue weighted by atomic mass is 9.90. The first kappa shape index (κ1) is 10.9. The highest BCUT2D eigenvalue weighted by Gasteiger charge is 2.32. The van der Waals surface area contributed by atoms with E-state index in [1.807, 2.05) is 12.1 Å².